The number of hydrogen-bond acceptors (Lipinski definition) is 6. The molecule has 4 N–H and O–H groups in total. The zero-order chi connectivity index (χ0) is 14.6. The van der Waals surface area contributed by atoms with E-state index in [1.165, 1.54) is 0 Å². The van der Waals surface area contributed by atoms with Gasteiger partial charge in [0.05, 0.1) is 24.3 Å². The van der Waals surface area contributed by atoms with Gasteiger partial charge in [0.2, 0.25) is 5.95 Å². The summed E-state index contributed by atoms with van der Waals surface area (Å²) < 4.78 is 0. The summed E-state index contributed by atoms with van der Waals surface area (Å²) in [5, 5.41) is 25.8. The number of aliphatic hydroxyl groups excluding tert-OH is 2. The fourth-order valence-electron chi connectivity index (χ4n) is 1.82. The molecule has 0 unspecified atom stereocenters. The maximum atomic E-state index is 9.41. The minimum Gasteiger partial charge on any atom is -0.394 e. The summed E-state index contributed by atoms with van der Waals surface area (Å²) in [4.78, 5) is 8.84. The van der Waals surface area contributed by atoms with E-state index in [1.807, 2.05) is 31.2 Å². The third kappa shape index (κ3) is 2.97. The van der Waals surface area contributed by atoms with E-state index in [0.29, 0.717) is 11.8 Å². The van der Waals surface area contributed by atoms with Gasteiger partial charge >= 0.3 is 0 Å². The van der Waals surface area contributed by atoms with Crippen LogP contribution in [-0.4, -0.2) is 45.5 Å². The maximum absolute atomic E-state index is 9.41. The van der Waals surface area contributed by atoms with Crippen molar-refractivity contribution in [2.75, 3.05) is 30.4 Å². The lowest BCUT2D eigenvalue weighted by atomic mass is 10.1. The number of nitrogens with one attached hydrogen (secondary N) is 2. The van der Waals surface area contributed by atoms with Crippen molar-refractivity contribution in [1.29, 1.82) is 0 Å². The van der Waals surface area contributed by atoms with E-state index in [4.69, 9.17) is 0 Å². The van der Waals surface area contributed by atoms with Crippen molar-refractivity contribution in [2.24, 2.45) is 0 Å². The van der Waals surface area contributed by atoms with Gasteiger partial charge in [-0.05, 0) is 26.0 Å². The van der Waals surface area contributed by atoms with E-state index < -0.39 is 5.54 Å². The lowest BCUT2D eigenvalue weighted by molar-refractivity contribution is 0.147. The smallest absolute Gasteiger partial charge is 0.225 e. The minimum absolute atomic E-state index is 0.196. The summed E-state index contributed by atoms with van der Waals surface area (Å²) >= 11 is 0. The van der Waals surface area contributed by atoms with Crippen molar-refractivity contribution in [1.82, 2.24) is 9.97 Å². The van der Waals surface area contributed by atoms with Gasteiger partial charge in [-0.15, -0.1) is 0 Å². The molecule has 0 atom stereocenters. The standard InChI is InChI=1S/C14H20N4O2/c1-3-15-13-16-11-7-5-4-6-10(11)12(17-13)18-14(2,8-19)9-20/h4-7,19-20H,3,8-9H2,1-2H3,(H2,15,16,17,18). The monoisotopic (exact) mass is 276 g/mol. The van der Waals surface area contributed by atoms with Gasteiger partial charge in [-0.2, -0.15) is 4.98 Å². The Balaban J connectivity index is 2.49. The molecule has 0 aliphatic rings. The molecule has 108 valence electrons. The number of fused-ring (bicyclic) bond motifs is 1. The van der Waals surface area contributed by atoms with Gasteiger partial charge in [0, 0.05) is 11.9 Å². The lowest BCUT2D eigenvalue weighted by Crippen LogP contribution is -2.42. The zero-order valence-corrected chi connectivity index (χ0v) is 11.7. The molecule has 0 bridgehead atoms. The van der Waals surface area contributed by atoms with Gasteiger partial charge < -0.3 is 20.8 Å². The average molecular weight is 276 g/mol. The van der Waals surface area contributed by atoms with Gasteiger partial charge in [-0.25, -0.2) is 4.98 Å². The van der Waals surface area contributed by atoms with Gasteiger partial charge in [0.15, 0.2) is 0 Å². The fourth-order valence-corrected chi connectivity index (χ4v) is 1.82. The summed E-state index contributed by atoms with van der Waals surface area (Å²) in [6.45, 7) is 4.03. The molecule has 0 amide bonds. The molecule has 1 aromatic heterocycles. The fraction of sp³-hybridized carbons (Fsp3) is 0.429. The first kappa shape index (κ1) is 14.5. The maximum Gasteiger partial charge on any atom is 0.225 e. The van der Waals surface area contributed by atoms with Crippen LogP contribution in [0.2, 0.25) is 0 Å². The van der Waals surface area contributed by atoms with Crippen LogP contribution in [0.15, 0.2) is 24.3 Å². The molecule has 6 nitrogen and oxygen atoms in total. The molecule has 1 heterocycles. The normalized spacial score (nSPS) is 11.6. The van der Waals surface area contributed by atoms with Crippen LogP contribution in [0.3, 0.4) is 0 Å². The Morgan fingerprint density at radius 1 is 1.15 bits per heavy atom. The summed E-state index contributed by atoms with van der Waals surface area (Å²) in [7, 11) is 0. The average Bonchev–Trinajstić information content (AvgIpc) is 2.47. The van der Waals surface area contributed by atoms with Crippen LogP contribution >= 0.6 is 0 Å². The van der Waals surface area contributed by atoms with E-state index >= 15 is 0 Å². The van der Waals surface area contributed by atoms with E-state index in [0.717, 1.165) is 17.4 Å². The number of aromatic nitrogens is 2. The van der Waals surface area contributed by atoms with Gasteiger partial charge in [0.25, 0.3) is 0 Å². The Hall–Kier alpha value is -1.92. The van der Waals surface area contributed by atoms with Gasteiger partial charge in [-0.3, -0.25) is 0 Å². The molecule has 2 rings (SSSR count). The molecule has 0 radical (unpaired) electrons. The Bertz CT molecular complexity index is 584. The largest absolute Gasteiger partial charge is 0.394 e. The first-order valence-electron chi connectivity index (χ1n) is 6.62. The molecule has 0 aliphatic heterocycles. The third-order valence-electron chi connectivity index (χ3n) is 3.06. The van der Waals surface area contributed by atoms with Crippen LogP contribution in [0.1, 0.15) is 13.8 Å². The molecule has 0 aliphatic carbocycles. The predicted octanol–water partition coefficient (Wildman–Crippen LogP) is 1.22. The summed E-state index contributed by atoms with van der Waals surface area (Å²) in [5.74, 6) is 1.11. The molecule has 0 saturated heterocycles. The highest BCUT2D eigenvalue weighted by atomic mass is 16.3. The van der Waals surface area contributed by atoms with Crippen LogP contribution in [0.25, 0.3) is 10.9 Å². The van der Waals surface area contributed by atoms with Crippen molar-refractivity contribution >= 4 is 22.7 Å². The molecule has 20 heavy (non-hydrogen) atoms. The Morgan fingerprint density at radius 3 is 2.50 bits per heavy atom. The number of para-hydroxylation sites is 1. The van der Waals surface area contributed by atoms with Crippen LogP contribution in [-0.2, 0) is 0 Å². The molecule has 0 fully saturated rings. The second-order valence-corrected chi connectivity index (χ2v) is 4.95. The molecule has 0 spiro atoms. The molecule has 6 heteroatoms. The number of aliphatic hydroxyl groups is 2. The Morgan fingerprint density at radius 2 is 1.85 bits per heavy atom. The number of anilines is 2. The van der Waals surface area contributed by atoms with E-state index in [2.05, 4.69) is 20.6 Å². The van der Waals surface area contributed by atoms with Crippen LogP contribution in [0.4, 0.5) is 11.8 Å². The number of benzene rings is 1. The first-order chi connectivity index (χ1) is 9.61. The van der Waals surface area contributed by atoms with Crippen molar-refractivity contribution in [3.05, 3.63) is 24.3 Å². The lowest BCUT2D eigenvalue weighted by Gasteiger charge is -2.27. The topological polar surface area (TPSA) is 90.3 Å². The van der Waals surface area contributed by atoms with Crippen molar-refractivity contribution < 1.29 is 10.2 Å². The van der Waals surface area contributed by atoms with Gasteiger partial charge in [0.1, 0.15) is 5.82 Å². The summed E-state index contributed by atoms with van der Waals surface area (Å²) in [6.07, 6.45) is 0. The van der Waals surface area contributed by atoms with Gasteiger partial charge in [-0.1, -0.05) is 12.1 Å². The Labute approximate surface area is 117 Å². The summed E-state index contributed by atoms with van der Waals surface area (Å²) in [5.41, 5.74) is -0.0279. The first-order valence-corrected chi connectivity index (χ1v) is 6.62. The molecular formula is C14H20N4O2. The minimum atomic E-state index is -0.833. The van der Waals surface area contributed by atoms with E-state index in [1.54, 1.807) is 6.92 Å². The highest BCUT2D eigenvalue weighted by Crippen LogP contribution is 2.24. The van der Waals surface area contributed by atoms with Crippen molar-refractivity contribution in [3.63, 3.8) is 0 Å². The number of rotatable bonds is 6. The van der Waals surface area contributed by atoms with E-state index in [-0.39, 0.29) is 13.2 Å². The second kappa shape index (κ2) is 6.02. The SMILES string of the molecule is CCNc1nc(NC(C)(CO)CO)c2ccccc2n1. The molecule has 2 aromatic rings. The summed E-state index contributed by atoms with van der Waals surface area (Å²) in [6, 6.07) is 7.62. The van der Waals surface area contributed by atoms with Crippen molar-refractivity contribution in [3.8, 4) is 0 Å². The Kier molecular flexibility index (Phi) is 4.36. The number of hydrogen-bond donors (Lipinski definition) is 4. The quantitative estimate of drug-likeness (QED) is 0.634. The number of nitrogens with zero attached hydrogens (tertiary/aromatic N) is 2. The highest BCUT2D eigenvalue weighted by molar-refractivity contribution is 5.90. The van der Waals surface area contributed by atoms with E-state index in [9.17, 15) is 10.2 Å². The zero-order valence-electron chi connectivity index (χ0n) is 11.7. The van der Waals surface area contributed by atoms with Crippen LogP contribution < -0.4 is 10.6 Å². The third-order valence-corrected chi connectivity index (χ3v) is 3.06. The molecule has 0 saturated carbocycles. The second-order valence-electron chi connectivity index (χ2n) is 4.95. The van der Waals surface area contributed by atoms with Crippen molar-refractivity contribution in [2.45, 2.75) is 19.4 Å². The molecule has 1 aromatic carbocycles. The predicted molar refractivity (Wildman–Crippen MR) is 79.9 cm³/mol. The van der Waals surface area contributed by atoms with Crippen LogP contribution in [0, 0.1) is 0 Å². The molecular weight excluding hydrogens is 256 g/mol. The van der Waals surface area contributed by atoms with Crippen LogP contribution in [0.5, 0.6) is 0 Å². The highest BCUT2D eigenvalue weighted by Gasteiger charge is 2.23.